The predicted octanol–water partition coefficient (Wildman–Crippen LogP) is 2.22. The molecule has 1 atom stereocenters. The molecule has 26 heavy (non-hydrogen) atoms. The van der Waals surface area contributed by atoms with Crippen molar-refractivity contribution in [3.63, 3.8) is 0 Å². The quantitative estimate of drug-likeness (QED) is 0.646. The normalized spacial score (nSPS) is 25.0. The standard InChI is InChI=1S/C19H25N3O3S/c1-19(2)15-6-4-5-7-16(15)22(3)17(19)8-10-20-21-18(23)12-14-9-11-26(24,25)13-14/h4-8,10,14H,9,11-13H2,1-3H3,(H,21,23)/b17-8-,20-10-/t14-/m0/s1. The van der Waals surface area contributed by atoms with E-state index in [-0.39, 0.29) is 35.2 Å². The third kappa shape index (κ3) is 3.67. The summed E-state index contributed by atoms with van der Waals surface area (Å²) in [6, 6.07) is 8.27. The number of benzene rings is 1. The SMILES string of the molecule is CN1/C(=C\C=N/NC(=O)C[C@@H]2CCS(=O)(=O)C2)C(C)(C)c2ccccc21. The summed E-state index contributed by atoms with van der Waals surface area (Å²) in [5, 5.41) is 4.00. The minimum atomic E-state index is -2.96. The van der Waals surface area contributed by atoms with Crippen LogP contribution >= 0.6 is 0 Å². The number of amides is 1. The molecule has 3 rings (SSSR count). The van der Waals surface area contributed by atoms with Crippen molar-refractivity contribution in [2.45, 2.75) is 32.1 Å². The molecule has 0 radical (unpaired) electrons. The van der Waals surface area contributed by atoms with E-state index in [1.807, 2.05) is 25.3 Å². The Morgan fingerprint density at radius 2 is 2.12 bits per heavy atom. The molecule has 0 unspecified atom stereocenters. The molecule has 0 saturated carbocycles. The lowest BCUT2D eigenvalue weighted by Gasteiger charge is -2.23. The van der Waals surface area contributed by atoms with Crippen LogP contribution in [-0.2, 0) is 20.0 Å². The molecular weight excluding hydrogens is 350 g/mol. The summed E-state index contributed by atoms with van der Waals surface area (Å²) in [4.78, 5) is 14.1. The second-order valence-electron chi connectivity index (χ2n) is 7.54. The number of allylic oxidation sites excluding steroid dienone is 2. The largest absolute Gasteiger partial charge is 0.347 e. The highest BCUT2D eigenvalue weighted by molar-refractivity contribution is 7.91. The molecule has 6 nitrogen and oxygen atoms in total. The average molecular weight is 375 g/mol. The summed E-state index contributed by atoms with van der Waals surface area (Å²) < 4.78 is 22.9. The van der Waals surface area contributed by atoms with Crippen molar-refractivity contribution in [1.82, 2.24) is 5.43 Å². The molecule has 1 saturated heterocycles. The van der Waals surface area contributed by atoms with Gasteiger partial charge in [0.15, 0.2) is 9.84 Å². The van der Waals surface area contributed by atoms with Crippen LogP contribution in [0, 0.1) is 5.92 Å². The van der Waals surface area contributed by atoms with E-state index in [9.17, 15) is 13.2 Å². The number of nitrogens with zero attached hydrogens (tertiary/aromatic N) is 2. The zero-order valence-electron chi connectivity index (χ0n) is 15.4. The predicted molar refractivity (Wildman–Crippen MR) is 104 cm³/mol. The smallest absolute Gasteiger partial charge is 0.240 e. The Morgan fingerprint density at radius 3 is 2.77 bits per heavy atom. The van der Waals surface area contributed by atoms with Gasteiger partial charge in [0.25, 0.3) is 0 Å². The van der Waals surface area contributed by atoms with E-state index in [1.54, 1.807) is 6.21 Å². The molecule has 1 N–H and O–H groups in total. The topological polar surface area (TPSA) is 78.8 Å². The van der Waals surface area contributed by atoms with Crippen LogP contribution in [-0.4, -0.2) is 39.1 Å². The third-order valence-electron chi connectivity index (χ3n) is 5.24. The first-order chi connectivity index (χ1) is 12.2. The second kappa shape index (κ2) is 6.87. The van der Waals surface area contributed by atoms with Crippen molar-refractivity contribution >= 4 is 27.6 Å². The van der Waals surface area contributed by atoms with Crippen molar-refractivity contribution < 1.29 is 13.2 Å². The molecule has 0 aromatic heterocycles. The van der Waals surface area contributed by atoms with E-state index < -0.39 is 9.84 Å². The van der Waals surface area contributed by atoms with Gasteiger partial charge in [0.2, 0.25) is 5.91 Å². The second-order valence-corrected chi connectivity index (χ2v) is 9.77. The zero-order valence-corrected chi connectivity index (χ0v) is 16.2. The molecule has 0 bridgehead atoms. The number of hydrogen-bond donors (Lipinski definition) is 1. The number of para-hydroxylation sites is 1. The minimum Gasteiger partial charge on any atom is -0.347 e. The molecule has 0 spiro atoms. The number of sulfone groups is 1. The molecule has 2 aliphatic heterocycles. The molecule has 7 heteroatoms. The summed E-state index contributed by atoms with van der Waals surface area (Å²) in [7, 11) is -0.936. The number of anilines is 1. The number of likely N-dealkylation sites (N-methyl/N-ethyl adjacent to an activating group) is 1. The first kappa shape index (κ1) is 18.6. The Bertz CT molecular complexity index is 872. The third-order valence-corrected chi connectivity index (χ3v) is 7.07. The van der Waals surface area contributed by atoms with Gasteiger partial charge in [0.05, 0.1) is 11.5 Å². The Kier molecular flexibility index (Phi) is 4.92. The number of nitrogens with one attached hydrogen (secondary N) is 1. The monoisotopic (exact) mass is 375 g/mol. The molecule has 2 heterocycles. The molecule has 1 aromatic rings. The average Bonchev–Trinajstić information content (AvgIpc) is 3.00. The summed E-state index contributed by atoms with van der Waals surface area (Å²) in [5.74, 6) is -0.0553. The summed E-state index contributed by atoms with van der Waals surface area (Å²) in [6.07, 6.45) is 4.24. The van der Waals surface area contributed by atoms with Gasteiger partial charge in [-0.3, -0.25) is 4.79 Å². The van der Waals surface area contributed by atoms with Crippen LogP contribution in [0.3, 0.4) is 0 Å². The number of carbonyl (C=O) groups is 1. The molecule has 140 valence electrons. The number of fused-ring (bicyclic) bond motifs is 1. The van der Waals surface area contributed by atoms with Gasteiger partial charge in [-0.15, -0.1) is 0 Å². The molecule has 0 aliphatic carbocycles. The van der Waals surface area contributed by atoms with E-state index in [1.165, 1.54) is 11.3 Å². The maximum absolute atomic E-state index is 11.9. The Balaban J connectivity index is 1.61. The van der Waals surface area contributed by atoms with E-state index >= 15 is 0 Å². The highest BCUT2D eigenvalue weighted by Gasteiger charge is 2.37. The fourth-order valence-electron chi connectivity index (χ4n) is 3.86. The highest BCUT2D eigenvalue weighted by Crippen LogP contribution is 2.46. The van der Waals surface area contributed by atoms with Crippen molar-refractivity contribution in [2.75, 3.05) is 23.5 Å². The molecule has 2 aliphatic rings. The first-order valence-electron chi connectivity index (χ1n) is 8.77. The lowest BCUT2D eigenvalue weighted by Crippen LogP contribution is -2.23. The van der Waals surface area contributed by atoms with Gasteiger partial charge in [0.1, 0.15) is 0 Å². The summed E-state index contributed by atoms with van der Waals surface area (Å²) in [5.41, 5.74) is 5.88. The molecular formula is C19H25N3O3S. The Hall–Kier alpha value is -2.15. The summed E-state index contributed by atoms with van der Waals surface area (Å²) in [6.45, 7) is 4.32. The van der Waals surface area contributed by atoms with Gasteiger partial charge in [0, 0.05) is 36.5 Å². The fraction of sp³-hybridized carbons (Fsp3) is 0.474. The molecule has 1 aromatic carbocycles. The van der Waals surface area contributed by atoms with Crippen LogP contribution in [0.2, 0.25) is 0 Å². The van der Waals surface area contributed by atoms with Crippen LogP contribution in [0.1, 0.15) is 32.3 Å². The molecule has 1 amide bonds. The van der Waals surface area contributed by atoms with Crippen LogP contribution in [0.5, 0.6) is 0 Å². The van der Waals surface area contributed by atoms with Crippen molar-refractivity contribution in [2.24, 2.45) is 11.0 Å². The highest BCUT2D eigenvalue weighted by atomic mass is 32.2. The van der Waals surface area contributed by atoms with E-state index in [0.717, 1.165) is 5.70 Å². The van der Waals surface area contributed by atoms with Gasteiger partial charge in [-0.2, -0.15) is 5.10 Å². The molecule has 1 fully saturated rings. The fourth-order valence-corrected chi connectivity index (χ4v) is 5.72. The number of hydrogen-bond acceptors (Lipinski definition) is 5. The van der Waals surface area contributed by atoms with Gasteiger partial charge in [-0.1, -0.05) is 32.0 Å². The first-order valence-corrected chi connectivity index (χ1v) is 10.6. The van der Waals surface area contributed by atoms with Crippen LogP contribution in [0.15, 0.2) is 41.1 Å². The van der Waals surface area contributed by atoms with Crippen molar-refractivity contribution in [3.8, 4) is 0 Å². The van der Waals surface area contributed by atoms with Gasteiger partial charge >= 0.3 is 0 Å². The van der Waals surface area contributed by atoms with Gasteiger partial charge < -0.3 is 4.90 Å². The van der Waals surface area contributed by atoms with E-state index in [0.29, 0.717) is 6.42 Å². The zero-order chi connectivity index (χ0) is 18.9. The van der Waals surface area contributed by atoms with Gasteiger partial charge in [-0.05, 0) is 30.0 Å². The number of carbonyl (C=O) groups excluding carboxylic acids is 1. The van der Waals surface area contributed by atoms with E-state index in [2.05, 4.69) is 41.4 Å². The van der Waals surface area contributed by atoms with Gasteiger partial charge in [-0.25, -0.2) is 13.8 Å². The van der Waals surface area contributed by atoms with E-state index in [4.69, 9.17) is 0 Å². The number of hydrazone groups is 1. The minimum absolute atomic E-state index is 0.0945. The number of rotatable bonds is 4. The van der Waals surface area contributed by atoms with Crippen LogP contribution in [0.4, 0.5) is 5.69 Å². The lowest BCUT2D eigenvalue weighted by molar-refractivity contribution is -0.121. The Labute approximate surface area is 154 Å². The lowest BCUT2D eigenvalue weighted by atomic mass is 9.84. The van der Waals surface area contributed by atoms with Crippen molar-refractivity contribution in [1.29, 1.82) is 0 Å². The maximum atomic E-state index is 11.9. The Morgan fingerprint density at radius 1 is 1.38 bits per heavy atom. The summed E-state index contributed by atoms with van der Waals surface area (Å²) >= 11 is 0. The van der Waals surface area contributed by atoms with Crippen LogP contribution < -0.4 is 10.3 Å². The maximum Gasteiger partial charge on any atom is 0.240 e. The van der Waals surface area contributed by atoms with Crippen LogP contribution in [0.25, 0.3) is 0 Å². The van der Waals surface area contributed by atoms with Crippen molar-refractivity contribution in [3.05, 3.63) is 41.6 Å².